The maximum absolute atomic E-state index is 13.7. The van der Waals surface area contributed by atoms with Gasteiger partial charge in [0, 0.05) is 17.9 Å². The zero-order valence-electron chi connectivity index (χ0n) is 17.9. The molecule has 2 saturated heterocycles. The monoisotopic (exact) mass is 423 g/mol. The molecule has 164 valence electrons. The number of carbonyl (C=O) groups is 1. The van der Waals surface area contributed by atoms with E-state index in [1.165, 1.54) is 31.9 Å². The van der Waals surface area contributed by atoms with Crippen molar-refractivity contribution in [2.24, 2.45) is 44.4 Å². The number of aliphatic imine (C=N–C) groups is 1. The van der Waals surface area contributed by atoms with Crippen molar-refractivity contribution in [2.45, 2.75) is 82.1 Å². The van der Waals surface area contributed by atoms with Gasteiger partial charge in [-0.25, -0.2) is 10.0 Å². The standard InChI is InChI=1S/C23H29N5O3/c1-2-18(24-5-6-25-30)28-20-16(9-15-3-4-17(20)31-15)19(27-28)21(29)26-23-11-13-7-12-8-14(23)10-22(12,13)23/h5-6,12-17,20H,2-4,7-11H2,1H3,(H,26,29)/b6-5-,24-18+/t12?,13-,14?,15?,16?,17?,20?,22?,23?/m0/s1. The van der Waals surface area contributed by atoms with E-state index in [4.69, 9.17) is 9.84 Å². The molecule has 8 aliphatic rings. The first-order chi connectivity index (χ1) is 15.1. The number of amides is 1. The highest BCUT2D eigenvalue weighted by atomic mass is 16.5. The molecule has 0 aromatic carbocycles. The first-order valence-electron chi connectivity index (χ1n) is 12.0. The van der Waals surface area contributed by atoms with Crippen LogP contribution in [0.2, 0.25) is 0 Å². The van der Waals surface area contributed by atoms with Crippen molar-refractivity contribution in [1.29, 1.82) is 0 Å². The van der Waals surface area contributed by atoms with Gasteiger partial charge in [-0.2, -0.15) is 5.10 Å². The summed E-state index contributed by atoms with van der Waals surface area (Å²) in [5.41, 5.74) is 1.16. The van der Waals surface area contributed by atoms with Gasteiger partial charge in [0.15, 0.2) is 0 Å². The second-order valence-corrected chi connectivity index (χ2v) is 10.8. The van der Waals surface area contributed by atoms with Crippen molar-refractivity contribution >= 4 is 17.5 Å². The molecule has 3 heterocycles. The molecule has 1 amide bonds. The SMILES string of the molecule is CC/C(=N\C=C/N=O)N1N=C(C(=O)NC23C[C@@H]4CC5CC2CC543)C2CC3CCC(O3)C21. The Hall–Kier alpha value is -2.09. The van der Waals surface area contributed by atoms with E-state index < -0.39 is 0 Å². The number of hydrazone groups is 1. The lowest BCUT2D eigenvalue weighted by molar-refractivity contribution is -0.256. The number of nitrogens with zero attached hydrogens (tertiary/aromatic N) is 4. The molecule has 0 aromatic rings. The molecule has 8 nitrogen and oxygen atoms in total. The molecule has 1 N–H and O–H groups in total. The van der Waals surface area contributed by atoms with Gasteiger partial charge in [-0.3, -0.25) is 4.79 Å². The fourth-order valence-electron chi connectivity index (χ4n) is 8.96. The minimum atomic E-state index is 0.00940. The van der Waals surface area contributed by atoms with Gasteiger partial charge < -0.3 is 10.1 Å². The van der Waals surface area contributed by atoms with E-state index in [-0.39, 0.29) is 35.6 Å². The summed E-state index contributed by atoms with van der Waals surface area (Å²) in [4.78, 5) is 28.5. The highest BCUT2D eigenvalue weighted by Crippen LogP contribution is 2.87. The Labute approximate surface area is 181 Å². The van der Waals surface area contributed by atoms with Gasteiger partial charge in [-0.05, 0) is 73.3 Å². The van der Waals surface area contributed by atoms with E-state index in [0.717, 1.165) is 43.1 Å². The molecule has 8 heteroatoms. The molecule has 5 aliphatic carbocycles. The lowest BCUT2D eigenvalue weighted by atomic mass is 9.29. The van der Waals surface area contributed by atoms with E-state index in [2.05, 4.69) is 15.5 Å². The van der Waals surface area contributed by atoms with Gasteiger partial charge in [-0.1, -0.05) is 6.92 Å². The summed E-state index contributed by atoms with van der Waals surface area (Å²) < 4.78 is 6.23. The maximum atomic E-state index is 13.7. The van der Waals surface area contributed by atoms with Crippen LogP contribution in [0.4, 0.5) is 0 Å². The number of amidine groups is 1. The Kier molecular flexibility index (Phi) is 3.59. The Bertz CT molecular complexity index is 959. The van der Waals surface area contributed by atoms with E-state index >= 15 is 0 Å². The van der Waals surface area contributed by atoms with Crippen molar-refractivity contribution in [3.8, 4) is 0 Å². The Balaban J connectivity index is 1.20. The quantitative estimate of drug-likeness (QED) is 0.418. The molecule has 0 aromatic heterocycles. The third-order valence-corrected chi connectivity index (χ3v) is 10.1. The number of hydrogen-bond donors (Lipinski definition) is 1. The topological polar surface area (TPSA) is 95.7 Å². The normalized spacial score (nSPS) is 50.2. The van der Waals surface area contributed by atoms with Crippen molar-refractivity contribution in [3.63, 3.8) is 0 Å². The number of rotatable bonds is 5. The van der Waals surface area contributed by atoms with Crippen molar-refractivity contribution in [2.75, 3.05) is 0 Å². The number of nitrogens with one attached hydrogen (secondary N) is 1. The largest absolute Gasteiger partial charge is 0.373 e. The number of nitroso groups, excluding NO2 is 1. The van der Waals surface area contributed by atoms with E-state index in [1.54, 1.807) is 0 Å². The molecule has 9 atom stereocenters. The van der Waals surface area contributed by atoms with Crippen molar-refractivity contribution in [1.82, 2.24) is 10.3 Å². The van der Waals surface area contributed by atoms with Crippen LogP contribution in [0.5, 0.6) is 0 Å². The van der Waals surface area contributed by atoms with Gasteiger partial charge in [0.2, 0.25) is 0 Å². The number of hydrogen-bond acceptors (Lipinski definition) is 6. The molecular weight excluding hydrogens is 394 g/mol. The number of ether oxygens (including phenoxy) is 1. The van der Waals surface area contributed by atoms with Crippen LogP contribution in [0, 0.1) is 34.0 Å². The third-order valence-electron chi connectivity index (χ3n) is 10.1. The van der Waals surface area contributed by atoms with Crippen LogP contribution in [0.1, 0.15) is 58.3 Å². The maximum Gasteiger partial charge on any atom is 0.268 e. The summed E-state index contributed by atoms with van der Waals surface area (Å²) in [6, 6.07) is 0.00940. The Morgan fingerprint density at radius 1 is 1.23 bits per heavy atom. The van der Waals surface area contributed by atoms with Gasteiger partial charge >= 0.3 is 0 Å². The smallest absolute Gasteiger partial charge is 0.268 e. The summed E-state index contributed by atoms with van der Waals surface area (Å²) >= 11 is 0. The van der Waals surface area contributed by atoms with Gasteiger partial charge in [0.05, 0.1) is 30.6 Å². The molecule has 0 radical (unpaired) electrons. The van der Waals surface area contributed by atoms with Crippen LogP contribution in [-0.4, -0.2) is 46.3 Å². The first kappa shape index (κ1) is 18.5. The fourth-order valence-corrected chi connectivity index (χ4v) is 8.96. The van der Waals surface area contributed by atoms with Crippen LogP contribution < -0.4 is 5.32 Å². The zero-order chi connectivity index (χ0) is 21.0. The lowest BCUT2D eigenvalue weighted by Gasteiger charge is -2.78. The average molecular weight is 424 g/mol. The average Bonchev–Trinajstić information content (AvgIpc) is 3.43. The van der Waals surface area contributed by atoms with Crippen LogP contribution in [0.25, 0.3) is 0 Å². The van der Waals surface area contributed by atoms with E-state index in [1.807, 2.05) is 11.9 Å². The van der Waals surface area contributed by atoms with Gasteiger partial charge in [0.1, 0.15) is 11.5 Å². The number of carbonyl (C=O) groups excluding carboxylic acids is 1. The van der Waals surface area contributed by atoms with Crippen LogP contribution >= 0.6 is 0 Å². The fraction of sp³-hybridized carbons (Fsp3) is 0.783. The summed E-state index contributed by atoms with van der Waals surface area (Å²) in [5, 5.41) is 13.1. The predicted octanol–water partition coefficient (Wildman–Crippen LogP) is 2.95. The highest BCUT2D eigenvalue weighted by Gasteiger charge is 2.87. The molecule has 4 bridgehead atoms. The molecule has 8 rings (SSSR count). The summed E-state index contributed by atoms with van der Waals surface area (Å²) in [6.45, 7) is 2.01. The number of fused-ring (bicyclic) bond motifs is 4. The van der Waals surface area contributed by atoms with E-state index in [0.29, 0.717) is 23.5 Å². The van der Waals surface area contributed by atoms with Crippen LogP contribution in [0.15, 0.2) is 27.7 Å². The zero-order valence-corrected chi connectivity index (χ0v) is 17.9. The van der Waals surface area contributed by atoms with E-state index in [9.17, 15) is 9.70 Å². The van der Waals surface area contributed by atoms with Crippen LogP contribution in [0.3, 0.4) is 0 Å². The van der Waals surface area contributed by atoms with Gasteiger partial charge in [0.25, 0.3) is 5.91 Å². The molecule has 31 heavy (non-hydrogen) atoms. The molecular formula is C23H29N5O3. The van der Waals surface area contributed by atoms with Crippen LogP contribution in [-0.2, 0) is 9.53 Å². The van der Waals surface area contributed by atoms with Crippen molar-refractivity contribution in [3.05, 3.63) is 17.3 Å². The molecule has 7 fully saturated rings. The minimum Gasteiger partial charge on any atom is -0.373 e. The highest BCUT2D eigenvalue weighted by molar-refractivity contribution is 6.40. The second kappa shape index (κ2) is 6.03. The molecule has 3 aliphatic heterocycles. The molecule has 1 spiro atoms. The summed E-state index contributed by atoms with van der Waals surface area (Å²) in [5.74, 6) is 3.23. The lowest BCUT2D eigenvalue weighted by Crippen LogP contribution is -2.83. The Morgan fingerprint density at radius 3 is 2.87 bits per heavy atom. The molecule has 8 unspecified atom stereocenters. The Morgan fingerprint density at radius 2 is 2.10 bits per heavy atom. The third kappa shape index (κ3) is 2.04. The summed E-state index contributed by atoms with van der Waals surface area (Å²) in [6.07, 6.45) is 11.6. The van der Waals surface area contributed by atoms with Crippen molar-refractivity contribution < 1.29 is 9.53 Å². The van der Waals surface area contributed by atoms with Gasteiger partial charge in [-0.15, -0.1) is 4.91 Å². The first-order valence-corrected chi connectivity index (χ1v) is 12.0. The molecule has 5 saturated carbocycles. The minimum absolute atomic E-state index is 0.00940. The summed E-state index contributed by atoms with van der Waals surface area (Å²) in [7, 11) is 0. The predicted molar refractivity (Wildman–Crippen MR) is 114 cm³/mol. The second-order valence-electron chi connectivity index (χ2n) is 10.8.